The quantitative estimate of drug-likeness (QED) is 0.740. The fourth-order valence-electron chi connectivity index (χ4n) is 2.70. The second kappa shape index (κ2) is 8.04. The van der Waals surface area contributed by atoms with E-state index in [-0.39, 0.29) is 31.9 Å². The van der Waals surface area contributed by atoms with Gasteiger partial charge < -0.3 is 10.1 Å². The van der Waals surface area contributed by atoms with E-state index in [1.807, 2.05) is 0 Å². The molecule has 1 aliphatic rings. The topological polar surface area (TPSA) is 75.7 Å². The molecule has 0 aromatic heterocycles. The van der Waals surface area contributed by atoms with E-state index < -0.39 is 28.1 Å². The average Bonchev–Trinajstić information content (AvgIpc) is 2.55. The van der Waals surface area contributed by atoms with Crippen LogP contribution >= 0.6 is 0 Å². The van der Waals surface area contributed by atoms with Crippen molar-refractivity contribution in [3.05, 3.63) is 35.9 Å². The molecule has 1 N–H and O–H groups in total. The fourth-order valence-corrected chi connectivity index (χ4v) is 4.30. The molecule has 8 heteroatoms. The third-order valence-electron chi connectivity index (χ3n) is 3.99. The van der Waals surface area contributed by atoms with Gasteiger partial charge in [-0.1, -0.05) is 30.3 Å². The van der Waals surface area contributed by atoms with Gasteiger partial charge in [-0.2, -0.15) is 4.31 Å². The maximum absolute atomic E-state index is 15.0. The zero-order valence-corrected chi connectivity index (χ0v) is 14.5. The summed E-state index contributed by atoms with van der Waals surface area (Å²) in [5.74, 6) is -0.978. The predicted octanol–water partition coefficient (Wildman–Crippen LogP) is 1.08. The highest BCUT2D eigenvalue weighted by Crippen LogP contribution is 2.28. The van der Waals surface area contributed by atoms with Gasteiger partial charge in [0.15, 0.2) is 0 Å². The first kappa shape index (κ1) is 18.8. The maximum Gasteiger partial charge on any atom is 0.259 e. The van der Waals surface area contributed by atoms with Crippen LogP contribution in [-0.4, -0.2) is 57.6 Å². The second-order valence-electron chi connectivity index (χ2n) is 5.89. The first-order chi connectivity index (χ1) is 11.4. The van der Waals surface area contributed by atoms with Crippen molar-refractivity contribution in [1.82, 2.24) is 9.62 Å². The average molecular weight is 358 g/mol. The van der Waals surface area contributed by atoms with Crippen LogP contribution in [0.1, 0.15) is 18.4 Å². The number of sulfonamides is 1. The van der Waals surface area contributed by atoms with Crippen molar-refractivity contribution < 1.29 is 22.3 Å². The van der Waals surface area contributed by atoms with Crippen molar-refractivity contribution in [3.8, 4) is 0 Å². The van der Waals surface area contributed by atoms with Gasteiger partial charge in [0, 0.05) is 20.2 Å². The Bertz CT molecular complexity index is 653. The molecule has 0 radical (unpaired) electrons. The highest BCUT2D eigenvalue weighted by Gasteiger charge is 2.45. The molecule has 6 nitrogen and oxygen atoms in total. The van der Waals surface area contributed by atoms with Crippen molar-refractivity contribution in [2.45, 2.75) is 24.3 Å². The van der Waals surface area contributed by atoms with Gasteiger partial charge in [-0.3, -0.25) is 4.79 Å². The summed E-state index contributed by atoms with van der Waals surface area (Å²) in [6, 6.07) is 8.73. The largest absolute Gasteiger partial charge is 0.383 e. The Morgan fingerprint density at radius 2 is 2.08 bits per heavy atom. The molecule has 1 amide bonds. The van der Waals surface area contributed by atoms with Crippen molar-refractivity contribution in [1.29, 1.82) is 0 Å². The number of halogens is 1. The van der Waals surface area contributed by atoms with Crippen LogP contribution in [0, 0.1) is 0 Å². The number of carbonyl (C=O) groups excluding carboxylic acids is 1. The van der Waals surface area contributed by atoms with E-state index >= 15 is 0 Å². The number of amides is 1. The summed E-state index contributed by atoms with van der Waals surface area (Å²) in [5.41, 5.74) is -1.56. The molecule has 24 heavy (non-hydrogen) atoms. The third-order valence-corrected chi connectivity index (χ3v) is 5.79. The number of nitrogens with zero attached hydrogens (tertiary/aromatic N) is 1. The van der Waals surface area contributed by atoms with Gasteiger partial charge in [0.2, 0.25) is 15.7 Å². The Kier molecular flexibility index (Phi) is 6.31. The van der Waals surface area contributed by atoms with Crippen LogP contribution < -0.4 is 5.32 Å². The van der Waals surface area contributed by atoms with Crippen LogP contribution in [0.5, 0.6) is 0 Å². The molecular weight excluding hydrogens is 335 g/mol. The SMILES string of the molecule is COCCNC(=O)C1(F)CCCN(S(=O)(=O)Cc2ccccc2)C1. The molecule has 1 heterocycles. The fraction of sp³-hybridized carbons (Fsp3) is 0.562. The number of methoxy groups -OCH3 is 1. The van der Waals surface area contributed by atoms with Gasteiger partial charge in [0.25, 0.3) is 5.91 Å². The van der Waals surface area contributed by atoms with E-state index in [4.69, 9.17) is 4.74 Å². The Hall–Kier alpha value is -1.51. The summed E-state index contributed by atoms with van der Waals surface area (Å²) in [7, 11) is -2.20. The van der Waals surface area contributed by atoms with Gasteiger partial charge in [0.05, 0.1) is 18.9 Å². The molecule has 0 bridgehead atoms. The molecule has 1 fully saturated rings. The summed E-state index contributed by atoms with van der Waals surface area (Å²) in [4.78, 5) is 12.1. The minimum atomic E-state index is -3.68. The molecule has 0 saturated carbocycles. The third kappa shape index (κ3) is 4.75. The number of hydrogen-bond donors (Lipinski definition) is 1. The smallest absolute Gasteiger partial charge is 0.259 e. The van der Waals surface area contributed by atoms with Gasteiger partial charge in [-0.25, -0.2) is 12.8 Å². The minimum absolute atomic E-state index is 0.0170. The number of carbonyl (C=O) groups is 1. The lowest BCUT2D eigenvalue weighted by molar-refractivity contribution is -0.135. The van der Waals surface area contributed by atoms with E-state index in [1.54, 1.807) is 30.3 Å². The first-order valence-corrected chi connectivity index (χ1v) is 9.46. The molecular formula is C16H23FN2O4S. The summed E-state index contributed by atoms with van der Waals surface area (Å²) < 4.78 is 45.9. The molecule has 2 rings (SSSR count). The summed E-state index contributed by atoms with van der Waals surface area (Å²) in [6.45, 7) is 0.253. The Morgan fingerprint density at radius 1 is 1.38 bits per heavy atom. The van der Waals surface area contributed by atoms with E-state index in [2.05, 4.69) is 5.32 Å². The predicted molar refractivity (Wildman–Crippen MR) is 88.6 cm³/mol. The normalized spacial score (nSPS) is 22.2. The van der Waals surface area contributed by atoms with Gasteiger partial charge in [-0.05, 0) is 18.4 Å². The molecule has 1 aromatic carbocycles. The highest BCUT2D eigenvalue weighted by atomic mass is 32.2. The van der Waals surface area contributed by atoms with E-state index in [9.17, 15) is 17.6 Å². The maximum atomic E-state index is 15.0. The van der Waals surface area contributed by atoms with Crippen LogP contribution in [0.4, 0.5) is 4.39 Å². The van der Waals surface area contributed by atoms with Crippen molar-refractivity contribution in [3.63, 3.8) is 0 Å². The zero-order valence-electron chi connectivity index (χ0n) is 13.7. The molecule has 1 aliphatic heterocycles. The Balaban J connectivity index is 2.04. The molecule has 0 spiro atoms. The zero-order chi connectivity index (χ0) is 17.6. The van der Waals surface area contributed by atoms with Crippen LogP contribution in [0.25, 0.3) is 0 Å². The number of alkyl halides is 1. The van der Waals surface area contributed by atoms with Gasteiger partial charge in [0.1, 0.15) is 0 Å². The second-order valence-corrected chi connectivity index (χ2v) is 7.86. The number of rotatable bonds is 7. The number of nitrogens with one attached hydrogen (secondary N) is 1. The van der Waals surface area contributed by atoms with Crippen LogP contribution in [-0.2, 0) is 25.3 Å². The van der Waals surface area contributed by atoms with Gasteiger partial charge >= 0.3 is 0 Å². The van der Waals surface area contributed by atoms with Crippen molar-refractivity contribution >= 4 is 15.9 Å². The number of benzene rings is 1. The van der Waals surface area contributed by atoms with Gasteiger partial charge in [-0.15, -0.1) is 0 Å². The lowest BCUT2D eigenvalue weighted by Gasteiger charge is -2.35. The molecule has 1 saturated heterocycles. The number of ether oxygens (including phenoxy) is 1. The molecule has 134 valence electrons. The molecule has 1 aromatic rings. The number of hydrogen-bond acceptors (Lipinski definition) is 4. The van der Waals surface area contributed by atoms with Crippen LogP contribution in [0.2, 0.25) is 0 Å². The highest BCUT2D eigenvalue weighted by molar-refractivity contribution is 7.88. The number of piperidine rings is 1. The Labute approximate surface area is 142 Å². The molecule has 0 aliphatic carbocycles. The Morgan fingerprint density at radius 3 is 2.75 bits per heavy atom. The summed E-state index contributed by atoms with van der Waals surface area (Å²) >= 11 is 0. The first-order valence-electron chi connectivity index (χ1n) is 7.85. The van der Waals surface area contributed by atoms with Crippen molar-refractivity contribution in [2.75, 3.05) is 33.4 Å². The van der Waals surface area contributed by atoms with E-state index in [0.29, 0.717) is 12.0 Å². The summed E-state index contributed by atoms with van der Waals surface area (Å²) in [5, 5.41) is 2.46. The van der Waals surface area contributed by atoms with E-state index in [1.165, 1.54) is 7.11 Å². The van der Waals surface area contributed by atoms with Crippen LogP contribution in [0.3, 0.4) is 0 Å². The summed E-state index contributed by atoms with van der Waals surface area (Å²) in [6.07, 6.45) is 0.325. The molecule has 1 atom stereocenters. The van der Waals surface area contributed by atoms with Crippen molar-refractivity contribution in [2.24, 2.45) is 0 Å². The standard InChI is InChI=1S/C16H23FN2O4S/c1-23-11-9-18-15(20)16(17)8-5-10-19(13-16)24(21,22)12-14-6-3-2-4-7-14/h2-4,6-7H,5,8-13H2,1H3,(H,18,20). The lowest BCUT2D eigenvalue weighted by atomic mass is 9.95. The molecule has 1 unspecified atom stereocenters. The minimum Gasteiger partial charge on any atom is -0.383 e. The lowest BCUT2D eigenvalue weighted by Crippen LogP contribution is -2.56. The van der Waals surface area contributed by atoms with Crippen LogP contribution in [0.15, 0.2) is 30.3 Å². The monoisotopic (exact) mass is 358 g/mol. The van der Waals surface area contributed by atoms with E-state index in [0.717, 1.165) is 4.31 Å².